The molecular weight excluding hydrogens is 352 g/mol. The number of furan rings is 1. The van der Waals surface area contributed by atoms with Crippen LogP contribution in [0.3, 0.4) is 0 Å². The van der Waals surface area contributed by atoms with E-state index < -0.39 is 0 Å². The smallest absolute Gasteiger partial charge is 0.289 e. The third-order valence-corrected chi connectivity index (χ3v) is 5.09. The van der Waals surface area contributed by atoms with Crippen molar-refractivity contribution < 1.29 is 13.9 Å². The quantitative estimate of drug-likeness (QED) is 0.770. The highest BCUT2D eigenvalue weighted by Crippen LogP contribution is 2.23. The van der Waals surface area contributed by atoms with E-state index in [1.165, 1.54) is 5.56 Å². The Bertz CT molecular complexity index is 769. The van der Waals surface area contributed by atoms with Crippen molar-refractivity contribution in [3.8, 4) is 0 Å². The van der Waals surface area contributed by atoms with Gasteiger partial charge in [0.05, 0.1) is 18.8 Å². The number of nitrogens with zero attached hydrogens (tertiary/aromatic N) is 2. The largest absolute Gasteiger partial charge is 0.455 e. The molecule has 0 aliphatic carbocycles. The van der Waals surface area contributed by atoms with Gasteiger partial charge in [-0.15, -0.1) is 0 Å². The van der Waals surface area contributed by atoms with E-state index in [1.807, 2.05) is 30.9 Å². The number of morpholine rings is 1. The van der Waals surface area contributed by atoms with Gasteiger partial charge in [0.15, 0.2) is 5.76 Å². The summed E-state index contributed by atoms with van der Waals surface area (Å²) in [5.74, 6) is 1.16. The summed E-state index contributed by atoms with van der Waals surface area (Å²) in [4.78, 5) is 17.0. The van der Waals surface area contributed by atoms with Crippen LogP contribution in [0.25, 0.3) is 0 Å². The van der Waals surface area contributed by atoms with Crippen LogP contribution in [-0.4, -0.2) is 46.5 Å². The van der Waals surface area contributed by atoms with E-state index in [9.17, 15) is 4.79 Å². The third kappa shape index (κ3) is 5.24. The highest BCUT2D eigenvalue weighted by molar-refractivity contribution is 5.91. The molecule has 2 atom stereocenters. The highest BCUT2D eigenvalue weighted by atomic mass is 16.5. The summed E-state index contributed by atoms with van der Waals surface area (Å²) in [6.07, 6.45) is 0.0915. The number of benzene rings is 1. The standard InChI is InChI=1S/C23H32N2O3/c1-17-13-24(14-18(2)27-17)22(26)21-12-11-20(28-21)16-25(23(3,4)5)15-19-9-7-6-8-10-19/h6-12,17-18H,13-16H2,1-5H3/t17-,18-/m0/s1. The molecule has 0 saturated carbocycles. The van der Waals surface area contributed by atoms with Gasteiger partial charge in [-0.2, -0.15) is 0 Å². The summed E-state index contributed by atoms with van der Waals surface area (Å²) >= 11 is 0. The number of rotatable bonds is 5. The summed E-state index contributed by atoms with van der Waals surface area (Å²) < 4.78 is 11.7. The minimum atomic E-state index is -0.0568. The predicted octanol–water partition coefficient (Wildman–Crippen LogP) is 4.33. The van der Waals surface area contributed by atoms with Crippen LogP contribution >= 0.6 is 0 Å². The maximum atomic E-state index is 12.8. The van der Waals surface area contributed by atoms with Gasteiger partial charge in [0, 0.05) is 25.2 Å². The molecule has 3 rings (SSSR count). The second-order valence-corrected chi connectivity index (χ2v) is 8.75. The first-order chi connectivity index (χ1) is 13.2. The van der Waals surface area contributed by atoms with Crippen molar-refractivity contribution in [2.24, 2.45) is 0 Å². The van der Waals surface area contributed by atoms with Crippen molar-refractivity contribution in [2.75, 3.05) is 13.1 Å². The van der Waals surface area contributed by atoms with Gasteiger partial charge in [-0.25, -0.2) is 0 Å². The molecule has 0 N–H and O–H groups in total. The first-order valence-electron chi connectivity index (χ1n) is 10.0. The predicted molar refractivity (Wildman–Crippen MR) is 110 cm³/mol. The number of hydrogen-bond donors (Lipinski definition) is 0. The molecule has 0 bridgehead atoms. The van der Waals surface area contributed by atoms with E-state index in [-0.39, 0.29) is 23.7 Å². The Morgan fingerprint density at radius 1 is 1.04 bits per heavy atom. The van der Waals surface area contributed by atoms with Gasteiger partial charge in [0.1, 0.15) is 5.76 Å². The lowest BCUT2D eigenvalue weighted by atomic mass is 10.0. The van der Waals surface area contributed by atoms with Crippen LogP contribution in [-0.2, 0) is 17.8 Å². The zero-order valence-electron chi connectivity index (χ0n) is 17.6. The summed E-state index contributed by atoms with van der Waals surface area (Å²) in [6.45, 7) is 13.3. The van der Waals surface area contributed by atoms with Gasteiger partial charge in [-0.05, 0) is 52.3 Å². The van der Waals surface area contributed by atoms with Crippen LogP contribution in [0.1, 0.15) is 56.5 Å². The van der Waals surface area contributed by atoms with Gasteiger partial charge < -0.3 is 14.1 Å². The Kier molecular flexibility index (Phi) is 6.26. The molecule has 1 saturated heterocycles. The summed E-state index contributed by atoms with van der Waals surface area (Å²) in [6, 6.07) is 14.1. The van der Waals surface area contributed by atoms with Gasteiger partial charge in [-0.1, -0.05) is 30.3 Å². The van der Waals surface area contributed by atoms with Crippen LogP contribution in [0.5, 0.6) is 0 Å². The molecule has 1 aliphatic rings. The van der Waals surface area contributed by atoms with Crippen LogP contribution in [0, 0.1) is 0 Å². The molecule has 1 amide bonds. The molecule has 0 unspecified atom stereocenters. The van der Waals surface area contributed by atoms with Gasteiger partial charge >= 0.3 is 0 Å². The van der Waals surface area contributed by atoms with Crippen LogP contribution in [0.2, 0.25) is 0 Å². The Morgan fingerprint density at radius 2 is 1.68 bits per heavy atom. The second kappa shape index (κ2) is 8.50. The minimum Gasteiger partial charge on any atom is -0.455 e. The van der Waals surface area contributed by atoms with Crippen LogP contribution in [0.15, 0.2) is 46.9 Å². The molecule has 1 fully saturated rings. The second-order valence-electron chi connectivity index (χ2n) is 8.75. The molecule has 1 aliphatic heterocycles. The SMILES string of the molecule is C[C@H]1CN(C(=O)c2ccc(CN(Cc3ccccc3)C(C)(C)C)o2)C[C@H](C)O1. The first kappa shape index (κ1) is 20.6. The van der Waals surface area contributed by atoms with E-state index in [0.717, 1.165) is 12.3 Å². The van der Waals surface area contributed by atoms with E-state index >= 15 is 0 Å². The number of ether oxygens (including phenoxy) is 1. The van der Waals surface area contributed by atoms with Gasteiger partial charge in [0.2, 0.25) is 0 Å². The van der Waals surface area contributed by atoms with E-state index in [4.69, 9.17) is 9.15 Å². The zero-order valence-corrected chi connectivity index (χ0v) is 17.6. The lowest BCUT2D eigenvalue weighted by Crippen LogP contribution is -2.48. The zero-order chi connectivity index (χ0) is 20.3. The van der Waals surface area contributed by atoms with Crippen molar-refractivity contribution in [3.63, 3.8) is 0 Å². The van der Waals surface area contributed by atoms with Crippen molar-refractivity contribution in [1.82, 2.24) is 9.80 Å². The average molecular weight is 385 g/mol. The molecule has 1 aromatic carbocycles. The number of hydrogen-bond acceptors (Lipinski definition) is 4. The van der Waals surface area contributed by atoms with Crippen molar-refractivity contribution in [1.29, 1.82) is 0 Å². The maximum absolute atomic E-state index is 12.8. The van der Waals surface area contributed by atoms with Crippen LogP contribution in [0.4, 0.5) is 0 Å². The average Bonchev–Trinajstić information content (AvgIpc) is 3.08. The molecule has 0 radical (unpaired) electrons. The summed E-state index contributed by atoms with van der Waals surface area (Å²) in [5.41, 5.74) is 1.23. The first-order valence-corrected chi connectivity index (χ1v) is 10.0. The lowest BCUT2D eigenvalue weighted by molar-refractivity contribution is -0.0592. The number of carbonyl (C=O) groups is 1. The molecule has 2 heterocycles. The Labute approximate surface area is 168 Å². The molecule has 28 heavy (non-hydrogen) atoms. The molecule has 5 heteroatoms. The normalized spacial score (nSPS) is 20.6. The Morgan fingerprint density at radius 3 is 2.29 bits per heavy atom. The van der Waals surface area contributed by atoms with E-state index in [0.29, 0.717) is 25.4 Å². The van der Waals surface area contributed by atoms with E-state index in [2.05, 4.69) is 49.9 Å². The number of carbonyl (C=O) groups excluding carboxylic acids is 1. The van der Waals surface area contributed by atoms with Crippen LogP contribution < -0.4 is 0 Å². The minimum absolute atomic E-state index is 0.0259. The van der Waals surface area contributed by atoms with Gasteiger partial charge in [-0.3, -0.25) is 9.69 Å². The Balaban J connectivity index is 1.70. The van der Waals surface area contributed by atoms with Gasteiger partial charge in [0.25, 0.3) is 5.91 Å². The summed E-state index contributed by atoms with van der Waals surface area (Å²) in [7, 11) is 0. The fraction of sp³-hybridized carbons (Fsp3) is 0.522. The lowest BCUT2D eigenvalue weighted by Gasteiger charge is -2.35. The molecule has 152 valence electrons. The highest BCUT2D eigenvalue weighted by Gasteiger charge is 2.29. The molecule has 2 aromatic rings. The monoisotopic (exact) mass is 384 g/mol. The fourth-order valence-corrected chi connectivity index (χ4v) is 3.60. The molecule has 5 nitrogen and oxygen atoms in total. The maximum Gasteiger partial charge on any atom is 0.289 e. The van der Waals surface area contributed by atoms with E-state index in [1.54, 1.807) is 6.07 Å². The third-order valence-electron chi connectivity index (χ3n) is 5.09. The van der Waals surface area contributed by atoms with Crippen molar-refractivity contribution >= 4 is 5.91 Å². The summed E-state index contributed by atoms with van der Waals surface area (Å²) in [5, 5.41) is 0. The van der Waals surface area contributed by atoms with Crippen molar-refractivity contribution in [3.05, 3.63) is 59.5 Å². The molecule has 0 spiro atoms. The molecule has 1 aromatic heterocycles. The Hall–Kier alpha value is -2.11. The fourth-order valence-electron chi connectivity index (χ4n) is 3.60. The van der Waals surface area contributed by atoms with Crippen molar-refractivity contribution in [2.45, 2.75) is 65.5 Å². The number of amides is 1. The molecular formula is C23H32N2O3. The topological polar surface area (TPSA) is 45.9 Å².